The van der Waals surface area contributed by atoms with Crippen LogP contribution in [0, 0.1) is 30.6 Å². The number of hydrogen-bond acceptors (Lipinski definition) is 14. The number of nitriles is 1. The van der Waals surface area contributed by atoms with Gasteiger partial charge in [-0.15, -0.1) is 0 Å². The molecule has 19 nitrogen and oxygen atoms in total. The largest absolute Gasteiger partial charge is 0.494 e. The van der Waals surface area contributed by atoms with E-state index in [2.05, 4.69) is 52.0 Å². The van der Waals surface area contributed by atoms with E-state index in [1.54, 1.807) is 50.2 Å². The predicted molar refractivity (Wildman–Crippen MR) is 264 cm³/mol. The van der Waals surface area contributed by atoms with Crippen LogP contribution in [0.25, 0.3) is 22.5 Å². The first-order valence-electron chi connectivity index (χ1n) is 23.4. The Morgan fingerprint density at radius 2 is 1.49 bits per heavy atom. The Balaban J connectivity index is 1.50. The molecule has 1 aliphatic heterocycles. The molecule has 0 saturated heterocycles. The number of ether oxygens (including phenoxy) is 3. The summed E-state index contributed by atoms with van der Waals surface area (Å²) in [6, 6.07) is 14.4. The first-order chi connectivity index (χ1) is 33.4. The van der Waals surface area contributed by atoms with Gasteiger partial charge in [0.15, 0.2) is 5.82 Å². The number of fused-ring (bicyclic) bond motifs is 5. The average molecular weight is 962 g/mol. The fourth-order valence-electron chi connectivity index (χ4n) is 8.03. The summed E-state index contributed by atoms with van der Waals surface area (Å²) in [4.78, 5) is 81.2. The molecule has 1 aromatic heterocycles. The van der Waals surface area contributed by atoms with Gasteiger partial charge in [-0.05, 0) is 112 Å². The summed E-state index contributed by atoms with van der Waals surface area (Å²) in [6.07, 6.45) is 1.96. The van der Waals surface area contributed by atoms with E-state index in [0.717, 1.165) is 24.2 Å². The normalized spacial score (nSPS) is 16.3. The maximum Gasteiger partial charge on any atom is 0.255 e. The van der Waals surface area contributed by atoms with Crippen LogP contribution in [0.2, 0.25) is 0 Å². The zero-order chi connectivity index (χ0) is 51.1. The molecule has 3 aromatic carbocycles. The Morgan fingerprint density at radius 1 is 0.857 bits per heavy atom. The fourth-order valence-corrected chi connectivity index (χ4v) is 8.03. The molecule has 10 N–H and O–H groups in total. The van der Waals surface area contributed by atoms with E-state index in [1.807, 2.05) is 30.3 Å². The minimum Gasteiger partial charge on any atom is -0.494 e. The number of nitrogens with two attached hydrogens (primary N) is 3. The van der Waals surface area contributed by atoms with Crippen molar-refractivity contribution >= 4 is 29.5 Å². The van der Waals surface area contributed by atoms with E-state index >= 15 is 0 Å². The fraction of sp³-hybridized carbons (Fsp3) is 0.451. The van der Waals surface area contributed by atoms with Crippen molar-refractivity contribution in [2.24, 2.45) is 22.6 Å². The molecular formula is C51H67N11O8. The highest BCUT2D eigenvalue weighted by atomic mass is 16.5. The Morgan fingerprint density at radius 3 is 2.09 bits per heavy atom. The summed E-state index contributed by atoms with van der Waals surface area (Å²) in [5.41, 5.74) is 21.5. The van der Waals surface area contributed by atoms with Gasteiger partial charge < -0.3 is 57.6 Å². The van der Waals surface area contributed by atoms with Crippen LogP contribution >= 0.6 is 0 Å². The molecule has 5 amide bonds. The maximum atomic E-state index is 14.8. The number of carbonyl (C=O) groups excluding carboxylic acids is 5. The lowest BCUT2D eigenvalue weighted by molar-refractivity contribution is -0.141. The van der Waals surface area contributed by atoms with Crippen LogP contribution in [0.15, 0.2) is 60.7 Å². The van der Waals surface area contributed by atoms with Crippen molar-refractivity contribution in [3.63, 3.8) is 0 Å². The molecule has 0 fully saturated rings. The third-order valence-electron chi connectivity index (χ3n) is 11.6. The minimum absolute atomic E-state index is 0.00211. The van der Waals surface area contributed by atoms with Gasteiger partial charge in [-0.2, -0.15) is 5.26 Å². The number of aryl methyl sites for hydroxylation is 2. The second kappa shape index (κ2) is 24.9. The zero-order valence-corrected chi connectivity index (χ0v) is 41.1. The van der Waals surface area contributed by atoms with Crippen LogP contribution in [-0.4, -0.2) is 116 Å². The highest BCUT2D eigenvalue weighted by Gasteiger charge is 2.36. The zero-order valence-electron chi connectivity index (χ0n) is 41.1. The van der Waals surface area contributed by atoms with Gasteiger partial charge >= 0.3 is 0 Å². The summed E-state index contributed by atoms with van der Waals surface area (Å²) in [6.45, 7) is 12.3. The lowest BCUT2D eigenvalue weighted by atomic mass is 9.91. The first-order valence-corrected chi connectivity index (χ1v) is 23.4. The van der Waals surface area contributed by atoms with Crippen molar-refractivity contribution in [2.75, 3.05) is 53.0 Å². The highest BCUT2D eigenvalue weighted by molar-refractivity contribution is 6.00. The topological polar surface area (TPSA) is 292 Å². The molecule has 5 rings (SSSR count). The smallest absolute Gasteiger partial charge is 0.255 e. The van der Waals surface area contributed by atoms with E-state index in [-0.39, 0.29) is 63.2 Å². The van der Waals surface area contributed by atoms with E-state index in [9.17, 15) is 29.2 Å². The SMILES string of the molecule is Cc1nc(-c2ccc(OCCCC(C)(C)C)cc2)nc(C)c1C(=O)N[C@@H](CCN)C(=O)N(C)[C@@H]1C(=O)N[C@@H](C)C(=O)N[C@H](C(=O)NCC#N)Cc2ccc(OCCN)c(c2)-c2cc1ccc2OCCN. The van der Waals surface area contributed by atoms with Gasteiger partial charge in [0.1, 0.15) is 61.2 Å². The number of amides is 5. The van der Waals surface area contributed by atoms with Crippen LogP contribution in [0.5, 0.6) is 17.2 Å². The number of carbonyl (C=O) groups is 5. The monoisotopic (exact) mass is 962 g/mol. The standard InChI is InChI=1S/C51H67N11O8/c1-30-43(31(2)58-45(57-30)34-10-13-36(14-11-34)68-24-8-18-51(4,5)6)48(65)60-39(17-19-52)50(67)62(7)44-35-12-16-42(70-26-22-55)38(29-35)37-27-33(9-15-41(37)69-25-21-54)28-40(47(64)56-23-20-53)61-46(63)32(3)59-49(44)66/h9-16,27,29,32,39-40,44H,8,17-19,21-26,28,52,54-55H2,1-7H3,(H,56,64)(H,59,66)(H,60,65)(H,61,63)/t32-,39-,40-,44-/m0/s1. The number of rotatable bonds is 19. The van der Waals surface area contributed by atoms with Crippen LogP contribution in [0.4, 0.5) is 0 Å². The quantitative estimate of drug-likeness (QED) is 0.0525. The second-order valence-corrected chi connectivity index (χ2v) is 18.3. The molecule has 0 unspecified atom stereocenters. The van der Waals surface area contributed by atoms with Gasteiger partial charge in [-0.25, -0.2) is 9.97 Å². The molecule has 2 heterocycles. The molecule has 4 bridgehead atoms. The molecule has 0 saturated carbocycles. The molecular weight excluding hydrogens is 895 g/mol. The van der Waals surface area contributed by atoms with Crippen molar-refractivity contribution < 1.29 is 38.2 Å². The van der Waals surface area contributed by atoms with E-state index in [4.69, 9.17) is 31.4 Å². The predicted octanol–water partition coefficient (Wildman–Crippen LogP) is 3.14. The van der Waals surface area contributed by atoms with Crippen molar-refractivity contribution in [3.05, 3.63) is 88.7 Å². The van der Waals surface area contributed by atoms with E-state index in [0.29, 0.717) is 57.6 Å². The molecule has 374 valence electrons. The lowest BCUT2D eigenvalue weighted by Crippen LogP contribution is -2.56. The summed E-state index contributed by atoms with van der Waals surface area (Å²) < 4.78 is 18.1. The van der Waals surface area contributed by atoms with Crippen molar-refractivity contribution in [1.29, 1.82) is 5.26 Å². The number of nitrogens with one attached hydrogen (secondary N) is 4. The van der Waals surface area contributed by atoms with Crippen LogP contribution < -0.4 is 52.7 Å². The molecule has 0 radical (unpaired) electrons. The van der Waals surface area contributed by atoms with Gasteiger partial charge in [-0.1, -0.05) is 32.9 Å². The molecule has 0 spiro atoms. The molecule has 4 aromatic rings. The van der Waals surface area contributed by atoms with E-state index < -0.39 is 53.7 Å². The second-order valence-electron chi connectivity index (χ2n) is 18.3. The molecule has 70 heavy (non-hydrogen) atoms. The molecule has 4 atom stereocenters. The summed E-state index contributed by atoms with van der Waals surface area (Å²) in [7, 11) is 1.41. The third kappa shape index (κ3) is 14.2. The van der Waals surface area contributed by atoms with Crippen LogP contribution in [0.3, 0.4) is 0 Å². The number of hydrogen-bond donors (Lipinski definition) is 7. The summed E-state index contributed by atoms with van der Waals surface area (Å²) in [5, 5.41) is 19.9. The average Bonchev–Trinajstić information content (AvgIpc) is 3.32. The van der Waals surface area contributed by atoms with Crippen molar-refractivity contribution in [2.45, 2.75) is 91.4 Å². The number of likely N-dealkylation sites (N-methyl/N-ethyl adjacent to an activating group) is 1. The molecule has 0 aliphatic carbocycles. The van der Waals surface area contributed by atoms with Crippen LogP contribution in [0.1, 0.15) is 85.9 Å². The number of aromatic nitrogens is 2. The summed E-state index contributed by atoms with van der Waals surface area (Å²) >= 11 is 0. The van der Waals surface area contributed by atoms with Crippen LogP contribution in [-0.2, 0) is 25.6 Å². The van der Waals surface area contributed by atoms with Gasteiger partial charge in [0.2, 0.25) is 23.6 Å². The molecule has 1 aliphatic rings. The van der Waals surface area contributed by atoms with Gasteiger partial charge in [0.05, 0.1) is 29.6 Å². The van der Waals surface area contributed by atoms with E-state index in [1.165, 1.54) is 18.9 Å². The Kier molecular flexibility index (Phi) is 19.2. The Labute approximate surface area is 409 Å². The van der Waals surface area contributed by atoms with Gasteiger partial charge in [0.25, 0.3) is 5.91 Å². The minimum atomic E-state index is -1.41. The Bertz CT molecular complexity index is 2520. The number of benzene rings is 3. The Hall–Kier alpha value is -7.14. The van der Waals surface area contributed by atoms with Crippen molar-refractivity contribution in [1.82, 2.24) is 36.1 Å². The maximum absolute atomic E-state index is 14.8. The molecule has 19 heteroatoms. The van der Waals surface area contributed by atoms with Gasteiger partial charge in [0, 0.05) is 43.2 Å². The number of nitrogens with zero attached hydrogens (tertiary/aromatic N) is 4. The lowest BCUT2D eigenvalue weighted by Gasteiger charge is -2.32. The highest BCUT2D eigenvalue weighted by Crippen LogP contribution is 2.40. The van der Waals surface area contributed by atoms with Crippen molar-refractivity contribution in [3.8, 4) is 45.8 Å². The first kappa shape index (κ1) is 53.8. The third-order valence-corrected chi connectivity index (χ3v) is 11.6. The summed E-state index contributed by atoms with van der Waals surface area (Å²) in [5.74, 6) is -1.48. The van der Waals surface area contributed by atoms with Gasteiger partial charge in [-0.3, -0.25) is 24.0 Å².